The molecule has 63 heavy (non-hydrogen) atoms. The summed E-state index contributed by atoms with van der Waals surface area (Å²) in [6, 6.07) is 5.72. The fourth-order valence-corrected chi connectivity index (χ4v) is 9.36. The van der Waals surface area contributed by atoms with Gasteiger partial charge < -0.3 is 49.1 Å². The van der Waals surface area contributed by atoms with Crippen molar-refractivity contribution in [3.05, 3.63) is 66.3 Å². The van der Waals surface area contributed by atoms with Crippen LogP contribution in [0.2, 0.25) is 0 Å². The second kappa shape index (κ2) is 21.1. The van der Waals surface area contributed by atoms with Gasteiger partial charge in [0.2, 0.25) is 0 Å². The minimum absolute atomic E-state index is 0.0545. The average Bonchev–Trinajstić information content (AvgIpc) is 3.56. The third-order valence-corrected chi connectivity index (χ3v) is 12.7. The first-order valence-electron chi connectivity index (χ1n) is 21.8. The largest absolute Gasteiger partial charge is 0.461 e. The van der Waals surface area contributed by atoms with Crippen LogP contribution in [0.5, 0.6) is 0 Å². The third-order valence-electron chi connectivity index (χ3n) is 12.7. The van der Waals surface area contributed by atoms with Crippen molar-refractivity contribution in [2.24, 2.45) is 23.7 Å². The summed E-state index contributed by atoms with van der Waals surface area (Å²) in [5, 5.41) is 17.3. The number of alkyl carbamates (subject to hydrolysis) is 2. The lowest BCUT2D eigenvalue weighted by molar-refractivity contribution is -0.298. The minimum atomic E-state index is -1.75. The molecule has 0 aromatic carbocycles. The number of rotatable bonds is 11. The highest BCUT2D eigenvalue weighted by Crippen LogP contribution is 2.42. The molecule has 5 heterocycles. The van der Waals surface area contributed by atoms with Crippen molar-refractivity contribution < 1.29 is 57.5 Å². The highest BCUT2D eigenvalue weighted by Gasteiger charge is 2.58. The van der Waals surface area contributed by atoms with Crippen LogP contribution in [0.25, 0.3) is 6.08 Å². The van der Waals surface area contributed by atoms with Crippen LogP contribution >= 0.6 is 0 Å². The Morgan fingerprint density at radius 2 is 1.73 bits per heavy atom. The number of carbonyl (C=O) groups excluding carboxylic acids is 5. The monoisotopic (exact) mass is 879 g/mol. The maximum atomic E-state index is 14.6. The predicted octanol–water partition coefficient (Wildman–Crippen LogP) is 4.65. The predicted molar refractivity (Wildman–Crippen MR) is 230 cm³/mol. The normalized spacial score (nSPS) is 35.5. The molecule has 346 valence electrons. The number of ketones is 1. The number of Topliss-reactive ketones (excluding diaryl/α,β-unsaturated/α-hetero) is 1. The number of carbonyl (C=O) groups is 5. The number of aliphatic hydroxyl groups is 1. The van der Waals surface area contributed by atoms with E-state index in [1.54, 1.807) is 97.4 Å². The van der Waals surface area contributed by atoms with Crippen LogP contribution in [-0.2, 0) is 49.2 Å². The Kier molecular flexibility index (Phi) is 16.5. The van der Waals surface area contributed by atoms with Gasteiger partial charge in [-0.1, -0.05) is 52.0 Å². The number of ether oxygens (including phenoxy) is 6. The molecule has 0 saturated carbocycles. The molecule has 0 bridgehead atoms. The summed E-state index contributed by atoms with van der Waals surface area (Å²) in [5.41, 5.74) is -1.85. The number of fused-ring (bicyclic) bond motifs is 1. The van der Waals surface area contributed by atoms with Crippen LogP contribution in [0, 0.1) is 23.7 Å². The third kappa shape index (κ3) is 11.8. The highest BCUT2D eigenvalue weighted by molar-refractivity contribution is 5.85. The smallest absolute Gasteiger partial charge is 0.408 e. The number of nitrogens with zero attached hydrogens (tertiary/aromatic N) is 3. The fraction of sp³-hybridized carbons (Fsp3) is 0.630. The minimum Gasteiger partial charge on any atom is -0.461 e. The van der Waals surface area contributed by atoms with E-state index in [-0.39, 0.29) is 37.7 Å². The first kappa shape index (κ1) is 49.1. The quantitative estimate of drug-likeness (QED) is 0.207. The molecule has 0 unspecified atom stereocenters. The van der Waals surface area contributed by atoms with E-state index in [0.29, 0.717) is 12.0 Å². The molecule has 17 nitrogen and oxygen atoms in total. The lowest BCUT2D eigenvalue weighted by Crippen LogP contribution is -2.61. The molecule has 17 heteroatoms. The molecule has 3 aliphatic rings. The summed E-state index contributed by atoms with van der Waals surface area (Å²) in [6.45, 7) is 13.5. The molecular weight excluding hydrogens is 815 g/mol. The zero-order valence-corrected chi connectivity index (χ0v) is 38.0. The van der Waals surface area contributed by atoms with Gasteiger partial charge >= 0.3 is 24.1 Å². The summed E-state index contributed by atoms with van der Waals surface area (Å²) in [5.74, 6) is -5.72. The van der Waals surface area contributed by atoms with Gasteiger partial charge in [-0.25, -0.2) is 9.59 Å². The first-order chi connectivity index (χ1) is 29.8. The molecule has 3 saturated heterocycles. The Morgan fingerprint density at radius 1 is 1.03 bits per heavy atom. The van der Waals surface area contributed by atoms with Crippen molar-refractivity contribution in [2.75, 3.05) is 20.6 Å². The summed E-state index contributed by atoms with van der Waals surface area (Å²) in [4.78, 5) is 80.1. The van der Waals surface area contributed by atoms with E-state index < -0.39 is 102 Å². The van der Waals surface area contributed by atoms with E-state index in [9.17, 15) is 29.1 Å². The molecular formula is C46H65N5O12. The molecule has 2 aromatic rings. The van der Waals surface area contributed by atoms with E-state index in [2.05, 4.69) is 20.6 Å². The number of likely N-dealkylation sites (N-methyl/N-ethyl adjacent to an activating group) is 1. The molecule has 0 radical (unpaired) electrons. The number of hydrogen-bond donors (Lipinski definition) is 3. The van der Waals surface area contributed by atoms with E-state index in [1.807, 2.05) is 32.0 Å². The summed E-state index contributed by atoms with van der Waals surface area (Å²) in [6.07, 6.45) is 2.12. The van der Waals surface area contributed by atoms with Crippen molar-refractivity contribution in [3.8, 4) is 0 Å². The van der Waals surface area contributed by atoms with Crippen LogP contribution in [0.3, 0.4) is 0 Å². The van der Waals surface area contributed by atoms with Crippen LogP contribution in [0.1, 0.15) is 85.8 Å². The molecule has 14 atom stereocenters. The lowest BCUT2D eigenvalue weighted by atomic mass is 9.73. The number of hydrogen-bond acceptors (Lipinski definition) is 15. The van der Waals surface area contributed by atoms with Crippen molar-refractivity contribution in [1.82, 2.24) is 25.5 Å². The van der Waals surface area contributed by atoms with Gasteiger partial charge in [-0.3, -0.25) is 24.4 Å². The topological polar surface area (TPSA) is 214 Å². The van der Waals surface area contributed by atoms with Crippen LogP contribution in [0.15, 0.2) is 55.1 Å². The Balaban J connectivity index is 1.63. The fourth-order valence-electron chi connectivity index (χ4n) is 9.36. The molecule has 3 N–H and O–H groups in total. The lowest BCUT2D eigenvalue weighted by Gasteiger charge is -2.48. The molecule has 3 fully saturated rings. The Hall–Kier alpha value is -4.97. The number of pyridine rings is 2. The molecule has 2 aromatic heterocycles. The van der Waals surface area contributed by atoms with Crippen LogP contribution < -0.4 is 10.6 Å². The Morgan fingerprint density at radius 3 is 2.37 bits per heavy atom. The Bertz CT molecular complexity index is 1920. The van der Waals surface area contributed by atoms with Crippen molar-refractivity contribution in [3.63, 3.8) is 0 Å². The van der Waals surface area contributed by atoms with Crippen LogP contribution in [-0.4, -0.2) is 131 Å². The maximum Gasteiger partial charge on any atom is 0.408 e. The number of cyclic esters (lactones) is 1. The number of nitrogens with one attached hydrogen (secondary N) is 2. The van der Waals surface area contributed by atoms with E-state index in [1.165, 1.54) is 6.20 Å². The van der Waals surface area contributed by atoms with E-state index in [0.717, 1.165) is 5.56 Å². The number of esters is 2. The number of aromatic nitrogens is 2. The number of amides is 2. The molecule has 0 spiro atoms. The SMILES string of the molecule is CC[C@H]1OC(=O)[C@H](C)[C@@H](OC(=O)Cc2cccnc2)[C@H](C)[C@@H](O[C@@H]2O[C@H](C)C[C@H](N(C)C)[C@H]2O)[C@](C)(OC(=O)NCC=Cc2cccnc2)C[C@@H](C)C(=O)[C@H](C)[C@H]2NC(=O)O[C@@]21C. The van der Waals surface area contributed by atoms with Crippen molar-refractivity contribution >= 4 is 36.0 Å². The average molecular weight is 880 g/mol. The zero-order valence-electron chi connectivity index (χ0n) is 38.0. The van der Waals surface area contributed by atoms with Gasteiger partial charge in [0.05, 0.1) is 24.5 Å². The highest BCUT2D eigenvalue weighted by atomic mass is 16.7. The standard InChI is InChI=1S/C46H65N5O12/c1-11-34-46(8)39(50-44(57)63-46)28(4)36(53)26(2)23-45(7,62-43(56)49-20-14-16-31-15-12-18-47-24-31)40(61-42-37(54)33(51(9)10)21-27(3)58-42)29(5)38(30(6)41(55)59-34)60-35(52)22-32-17-13-19-48-25-32/h12-19,24-30,33-34,37-40,42,54H,11,20-23H2,1-10H3,(H,49,56)(H,50,57)/t26-,27-,28+,29+,30-,33+,34-,37-,38+,39-,40-,42+,45-,46-/m1/s1. The van der Waals surface area contributed by atoms with Gasteiger partial charge in [0.15, 0.2) is 11.9 Å². The first-order valence-corrected chi connectivity index (χ1v) is 21.8. The van der Waals surface area contributed by atoms with Crippen molar-refractivity contribution in [2.45, 2.75) is 141 Å². The molecule has 2 amide bonds. The second-order valence-corrected chi connectivity index (χ2v) is 17.9. The van der Waals surface area contributed by atoms with Gasteiger partial charge in [0.25, 0.3) is 0 Å². The summed E-state index contributed by atoms with van der Waals surface area (Å²) >= 11 is 0. The maximum absolute atomic E-state index is 14.6. The summed E-state index contributed by atoms with van der Waals surface area (Å²) < 4.78 is 37.8. The summed E-state index contributed by atoms with van der Waals surface area (Å²) in [7, 11) is 3.67. The van der Waals surface area contributed by atoms with E-state index >= 15 is 0 Å². The second-order valence-electron chi connectivity index (χ2n) is 17.9. The van der Waals surface area contributed by atoms with E-state index in [4.69, 9.17) is 28.4 Å². The van der Waals surface area contributed by atoms with Crippen LogP contribution in [0.4, 0.5) is 9.59 Å². The molecule has 3 aliphatic heterocycles. The zero-order chi connectivity index (χ0) is 46.2. The van der Waals surface area contributed by atoms with Gasteiger partial charge in [-0.05, 0) is 84.3 Å². The number of aliphatic hydroxyl groups excluding tert-OH is 1. The van der Waals surface area contributed by atoms with Gasteiger partial charge in [0.1, 0.15) is 35.8 Å². The van der Waals surface area contributed by atoms with Gasteiger partial charge in [0, 0.05) is 55.1 Å². The van der Waals surface area contributed by atoms with Crippen molar-refractivity contribution in [1.29, 1.82) is 0 Å². The van der Waals surface area contributed by atoms with Gasteiger partial charge in [-0.2, -0.15) is 0 Å². The Labute approximate surface area is 370 Å². The van der Waals surface area contributed by atoms with Gasteiger partial charge in [-0.15, -0.1) is 0 Å². The molecule has 5 rings (SSSR count). The molecule has 0 aliphatic carbocycles.